The summed E-state index contributed by atoms with van der Waals surface area (Å²) in [4.78, 5) is 34.2. The van der Waals surface area contributed by atoms with Crippen LogP contribution in [0.25, 0.3) is 10.8 Å². The van der Waals surface area contributed by atoms with E-state index in [1.807, 2.05) is 57.1 Å². The summed E-state index contributed by atoms with van der Waals surface area (Å²) in [6.45, 7) is 10.2. The van der Waals surface area contributed by atoms with Gasteiger partial charge in [0.1, 0.15) is 5.82 Å². The van der Waals surface area contributed by atoms with E-state index < -0.39 is 5.54 Å². The molecule has 0 bridgehead atoms. The number of anilines is 3. The third-order valence-corrected chi connectivity index (χ3v) is 7.91. The van der Waals surface area contributed by atoms with Crippen LogP contribution in [0.15, 0.2) is 43.1 Å². The van der Waals surface area contributed by atoms with Crippen molar-refractivity contribution in [3.05, 3.63) is 54.4 Å². The van der Waals surface area contributed by atoms with E-state index >= 15 is 0 Å². The highest BCUT2D eigenvalue weighted by molar-refractivity contribution is 6.08. The maximum Gasteiger partial charge on any atom is 0.318 e. The Bertz CT molecular complexity index is 1410. The number of ether oxygens (including phenoxy) is 1. The SMILES string of the molecule is C=CC(=O)Nc1cccc2c(Nc3n[nH]c4c3CN(C(=O)N[C@H](CN(C)C)C3CCOCC3)C4(C)C)nccc12. The first-order valence-electron chi connectivity index (χ1n) is 13.7. The highest BCUT2D eigenvalue weighted by Gasteiger charge is 2.44. The van der Waals surface area contributed by atoms with Gasteiger partial charge in [0.05, 0.1) is 17.8 Å². The van der Waals surface area contributed by atoms with Gasteiger partial charge >= 0.3 is 6.03 Å². The summed E-state index contributed by atoms with van der Waals surface area (Å²) >= 11 is 0. The molecule has 5 rings (SSSR count). The van der Waals surface area contributed by atoms with Crippen LogP contribution in [-0.2, 0) is 21.6 Å². The minimum Gasteiger partial charge on any atom is -0.381 e. The number of aromatic nitrogens is 3. The van der Waals surface area contributed by atoms with E-state index in [-0.39, 0.29) is 18.0 Å². The van der Waals surface area contributed by atoms with Crippen LogP contribution in [0.5, 0.6) is 0 Å². The van der Waals surface area contributed by atoms with Crippen LogP contribution in [-0.4, -0.2) is 76.8 Å². The number of pyridine rings is 1. The van der Waals surface area contributed by atoms with Crippen molar-refractivity contribution in [3.63, 3.8) is 0 Å². The average molecular weight is 547 g/mol. The van der Waals surface area contributed by atoms with Crippen molar-refractivity contribution >= 4 is 40.0 Å². The zero-order chi connectivity index (χ0) is 28.4. The Kier molecular flexibility index (Phi) is 7.77. The fraction of sp³-hybridized carbons (Fsp3) is 0.448. The molecule has 3 aromatic rings. The van der Waals surface area contributed by atoms with Gasteiger partial charge in [0.25, 0.3) is 0 Å². The van der Waals surface area contributed by atoms with Gasteiger partial charge in [0, 0.05) is 54.0 Å². The lowest BCUT2D eigenvalue weighted by molar-refractivity contribution is -0.111. The molecule has 1 fully saturated rings. The van der Waals surface area contributed by atoms with Gasteiger partial charge in [0.2, 0.25) is 5.91 Å². The monoisotopic (exact) mass is 546 g/mol. The molecule has 1 atom stereocenters. The van der Waals surface area contributed by atoms with E-state index in [1.165, 1.54) is 6.08 Å². The van der Waals surface area contributed by atoms with Crippen LogP contribution in [0.3, 0.4) is 0 Å². The van der Waals surface area contributed by atoms with Crippen molar-refractivity contribution in [2.75, 3.05) is 44.5 Å². The summed E-state index contributed by atoms with van der Waals surface area (Å²) in [5, 5.41) is 18.9. The molecule has 0 aliphatic carbocycles. The molecule has 11 nitrogen and oxygen atoms in total. The van der Waals surface area contributed by atoms with Crippen molar-refractivity contribution in [1.82, 2.24) is 30.3 Å². The molecule has 212 valence electrons. The largest absolute Gasteiger partial charge is 0.381 e. The highest BCUT2D eigenvalue weighted by Crippen LogP contribution is 2.41. The number of carbonyl (C=O) groups is 2. The number of rotatable bonds is 8. The third kappa shape index (κ3) is 5.39. The zero-order valence-electron chi connectivity index (χ0n) is 23.6. The van der Waals surface area contributed by atoms with Crippen LogP contribution in [0.1, 0.15) is 37.9 Å². The second-order valence-electron chi connectivity index (χ2n) is 11.2. The van der Waals surface area contributed by atoms with E-state index in [1.54, 1.807) is 6.20 Å². The number of amides is 3. The summed E-state index contributed by atoms with van der Waals surface area (Å²) in [7, 11) is 4.06. The van der Waals surface area contributed by atoms with Gasteiger partial charge in [-0.05, 0) is 64.9 Å². The van der Waals surface area contributed by atoms with Crippen LogP contribution in [0.4, 0.5) is 22.1 Å². The molecule has 4 N–H and O–H groups in total. The molecule has 11 heteroatoms. The maximum absolute atomic E-state index is 13.7. The van der Waals surface area contributed by atoms with Gasteiger partial charge in [-0.25, -0.2) is 9.78 Å². The lowest BCUT2D eigenvalue weighted by Crippen LogP contribution is -2.54. The molecule has 1 aromatic carbocycles. The van der Waals surface area contributed by atoms with Crippen LogP contribution < -0.4 is 16.0 Å². The molecule has 0 unspecified atom stereocenters. The van der Waals surface area contributed by atoms with Gasteiger partial charge in [0.15, 0.2) is 5.82 Å². The van der Waals surface area contributed by atoms with Crippen molar-refractivity contribution in [2.45, 2.75) is 44.8 Å². The molecule has 0 radical (unpaired) electrons. The highest BCUT2D eigenvalue weighted by atomic mass is 16.5. The number of fused-ring (bicyclic) bond motifs is 2. The molecule has 0 saturated carbocycles. The second kappa shape index (κ2) is 11.3. The van der Waals surface area contributed by atoms with Crippen molar-refractivity contribution < 1.29 is 14.3 Å². The molecule has 2 aromatic heterocycles. The predicted octanol–water partition coefficient (Wildman–Crippen LogP) is 3.94. The Balaban J connectivity index is 1.37. The Morgan fingerprint density at radius 3 is 2.73 bits per heavy atom. The van der Waals surface area contributed by atoms with Crippen LogP contribution in [0, 0.1) is 5.92 Å². The summed E-state index contributed by atoms with van der Waals surface area (Å²) in [5.74, 6) is 1.32. The average Bonchev–Trinajstić information content (AvgIpc) is 3.46. The molecule has 4 heterocycles. The van der Waals surface area contributed by atoms with E-state index in [4.69, 9.17) is 4.74 Å². The first-order valence-corrected chi connectivity index (χ1v) is 13.7. The smallest absolute Gasteiger partial charge is 0.318 e. The molecule has 2 aliphatic heterocycles. The maximum atomic E-state index is 13.7. The normalized spacial score (nSPS) is 17.5. The lowest BCUT2D eigenvalue weighted by atomic mass is 9.91. The van der Waals surface area contributed by atoms with Crippen molar-refractivity contribution in [3.8, 4) is 0 Å². The number of urea groups is 1. The fourth-order valence-corrected chi connectivity index (χ4v) is 5.72. The summed E-state index contributed by atoms with van der Waals surface area (Å²) in [6.07, 6.45) is 4.81. The number of hydrogen-bond acceptors (Lipinski definition) is 7. The van der Waals surface area contributed by atoms with Gasteiger partial charge in [-0.2, -0.15) is 5.10 Å². The van der Waals surface area contributed by atoms with Crippen LogP contribution in [0.2, 0.25) is 0 Å². The third-order valence-electron chi connectivity index (χ3n) is 7.91. The quantitative estimate of drug-likeness (QED) is 0.315. The van der Waals surface area contributed by atoms with E-state index in [2.05, 4.69) is 42.6 Å². The molecule has 1 saturated heterocycles. The summed E-state index contributed by atoms with van der Waals surface area (Å²) in [6, 6.07) is 7.43. The summed E-state index contributed by atoms with van der Waals surface area (Å²) in [5.41, 5.74) is 1.89. The van der Waals surface area contributed by atoms with Crippen molar-refractivity contribution in [2.24, 2.45) is 5.92 Å². The van der Waals surface area contributed by atoms with E-state index in [0.29, 0.717) is 29.8 Å². The Morgan fingerprint density at radius 1 is 1.23 bits per heavy atom. The second-order valence-corrected chi connectivity index (χ2v) is 11.2. The summed E-state index contributed by atoms with van der Waals surface area (Å²) < 4.78 is 5.56. The number of aromatic amines is 1. The van der Waals surface area contributed by atoms with Gasteiger partial charge in [-0.1, -0.05) is 18.7 Å². The molecule has 2 aliphatic rings. The Hall–Kier alpha value is -3.96. The lowest BCUT2D eigenvalue weighted by Gasteiger charge is -2.37. The molecule has 3 amide bonds. The van der Waals surface area contributed by atoms with Gasteiger partial charge < -0.3 is 30.5 Å². The predicted molar refractivity (Wildman–Crippen MR) is 155 cm³/mol. The van der Waals surface area contributed by atoms with E-state index in [9.17, 15) is 9.59 Å². The van der Waals surface area contributed by atoms with Gasteiger partial charge in [-0.3, -0.25) is 9.89 Å². The number of H-pyrrole nitrogens is 1. The first-order chi connectivity index (χ1) is 19.2. The molecular formula is C29H38N8O3. The standard InChI is InChI=1S/C29H38N8O3/c1-6-24(38)31-22-9-7-8-20-19(22)10-13-30-26(20)33-27-21-16-37(29(2,3)25(21)34-35-27)28(39)32-23(17-36(4)5)18-11-14-40-15-12-18/h6-10,13,18,23H,1,11-12,14-17H2,2-5H3,(H,31,38)(H,32,39)(H2,30,33,34,35)/t23-/m1/s1. The van der Waals surface area contributed by atoms with E-state index in [0.717, 1.165) is 54.6 Å². The fourth-order valence-electron chi connectivity index (χ4n) is 5.72. The number of benzene rings is 1. The topological polar surface area (TPSA) is 128 Å². The first kappa shape index (κ1) is 27.6. The van der Waals surface area contributed by atoms with Crippen molar-refractivity contribution in [1.29, 1.82) is 0 Å². The molecule has 40 heavy (non-hydrogen) atoms. The minimum atomic E-state index is -0.584. The number of hydrogen-bond donors (Lipinski definition) is 4. The number of likely N-dealkylation sites (N-methyl/N-ethyl adjacent to an activating group) is 1. The molecular weight excluding hydrogens is 508 g/mol. The Morgan fingerprint density at radius 2 is 2.00 bits per heavy atom. The Labute approximate surface area is 234 Å². The minimum absolute atomic E-state index is 0.0347. The zero-order valence-corrected chi connectivity index (χ0v) is 23.6. The number of nitrogens with one attached hydrogen (secondary N) is 4. The molecule has 0 spiro atoms. The van der Waals surface area contributed by atoms with Gasteiger partial charge in [-0.15, -0.1) is 0 Å². The van der Waals surface area contributed by atoms with Crippen LogP contribution >= 0.6 is 0 Å². The number of carbonyl (C=O) groups excluding carboxylic acids is 2. The number of nitrogens with zero attached hydrogens (tertiary/aromatic N) is 4.